The Hall–Kier alpha value is -4.47. The molecular formula is C33H33N5O4. The number of nitrogens with one attached hydrogen (secondary N) is 2. The molecule has 4 aromatic rings. The molecule has 1 aromatic heterocycles. The average molecular weight is 564 g/mol. The Kier molecular flexibility index (Phi) is 6.76. The summed E-state index contributed by atoms with van der Waals surface area (Å²) in [4.78, 5) is 50.6. The van der Waals surface area contributed by atoms with E-state index in [9.17, 15) is 14.4 Å². The van der Waals surface area contributed by atoms with E-state index in [2.05, 4.69) is 21.3 Å². The molecule has 42 heavy (non-hydrogen) atoms. The maximum atomic E-state index is 14.3. The number of anilines is 1. The van der Waals surface area contributed by atoms with Gasteiger partial charge in [-0.25, -0.2) is 9.69 Å². The third-order valence-electron chi connectivity index (χ3n) is 8.74. The lowest BCUT2D eigenvalue weighted by molar-refractivity contribution is -0.120. The number of carbonyl (C=O) groups excluding carboxylic acids is 3. The number of amides is 4. The number of H-pyrrole nitrogens is 1. The second kappa shape index (κ2) is 10.7. The Morgan fingerprint density at radius 1 is 0.976 bits per heavy atom. The fourth-order valence-corrected chi connectivity index (χ4v) is 6.62. The Morgan fingerprint density at radius 2 is 1.71 bits per heavy atom. The highest BCUT2D eigenvalue weighted by Crippen LogP contribution is 2.45. The zero-order chi connectivity index (χ0) is 28.8. The number of morpholine rings is 1. The fourth-order valence-electron chi connectivity index (χ4n) is 6.62. The van der Waals surface area contributed by atoms with Crippen molar-refractivity contribution in [2.24, 2.45) is 0 Å². The topological polar surface area (TPSA) is 98.0 Å². The van der Waals surface area contributed by atoms with Gasteiger partial charge < -0.3 is 15.0 Å². The van der Waals surface area contributed by atoms with Crippen molar-refractivity contribution in [3.05, 3.63) is 101 Å². The molecule has 9 nitrogen and oxygen atoms in total. The Bertz CT molecular complexity index is 1690. The van der Waals surface area contributed by atoms with E-state index in [-0.39, 0.29) is 11.8 Å². The highest BCUT2D eigenvalue weighted by Gasteiger charge is 2.53. The van der Waals surface area contributed by atoms with E-state index in [1.807, 2.05) is 49.4 Å². The molecule has 4 heterocycles. The Labute approximate surface area is 244 Å². The number of hydrogen-bond donors (Lipinski definition) is 2. The summed E-state index contributed by atoms with van der Waals surface area (Å²) < 4.78 is 5.40. The van der Waals surface area contributed by atoms with Gasteiger partial charge in [-0.15, -0.1) is 0 Å². The molecule has 0 aliphatic carbocycles. The third-order valence-corrected chi connectivity index (χ3v) is 8.74. The van der Waals surface area contributed by atoms with Gasteiger partial charge in [0.15, 0.2) is 0 Å². The molecule has 3 aliphatic heterocycles. The van der Waals surface area contributed by atoms with Crippen LogP contribution in [0.1, 0.15) is 38.8 Å². The first-order valence-corrected chi connectivity index (χ1v) is 14.5. The van der Waals surface area contributed by atoms with E-state index in [1.165, 1.54) is 4.90 Å². The number of hydrogen-bond acceptors (Lipinski definition) is 5. The number of aromatic amines is 1. The molecule has 3 aromatic carbocycles. The summed E-state index contributed by atoms with van der Waals surface area (Å²) in [5.74, 6) is -0.626. The molecule has 214 valence electrons. The van der Waals surface area contributed by atoms with E-state index in [1.54, 1.807) is 29.2 Å². The zero-order valence-electron chi connectivity index (χ0n) is 23.5. The van der Waals surface area contributed by atoms with Crippen LogP contribution in [-0.2, 0) is 16.0 Å². The van der Waals surface area contributed by atoms with Crippen LogP contribution in [0.5, 0.6) is 0 Å². The molecule has 9 heteroatoms. The Morgan fingerprint density at radius 3 is 2.55 bits per heavy atom. The molecule has 0 unspecified atom stereocenters. The van der Waals surface area contributed by atoms with Crippen LogP contribution >= 0.6 is 0 Å². The largest absolute Gasteiger partial charge is 0.379 e. The van der Waals surface area contributed by atoms with Crippen LogP contribution in [0.3, 0.4) is 0 Å². The summed E-state index contributed by atoms with van der Waals surface area (Å²) in [7, 11) is 0. The van der Waals surface area contributed by atoms with Gasteiger partial charge in [0.2, 0.25) is 0 Å². The first kappa shape index (κ1) is 26.4. The molecule has 7 rings (SSSR count). The van der Waals surface area contributed by atoms with Gasteiger partial charge in [-0.3, -0.25) is 19.4 Å². The van der Waals surface area contributed by atoms with E-state index < -0.39 is 18.1 Å². The van der Waals surface area contributed by atoms with Gasteiger partial charge in [0.25, 0.3) is 11.8 Å². The summed E-state index contributed by atoms with van der Waals surface area (Å²) in [6.45, 7) is 6.24. The first-order valence-electron chi connectivity index (χ1n) is 14.5. The number of benzene rings is 3. The van der Waals surface area contributed by atoms with Crippen LogP contribution in [0.25, 0.3) is 10.9 Å². The predicted molar refractivity (Wildman–Crippen MR) is 160 cm³/mol. The smallest absolute Gasteiger partial charge is 0.332 e. The number of rotatable bonds is 6. The highest BCUT2D eigenvalue weighted by molar-refractivity contribution is 6.24. The minimum Gasteiger partial charge on any atom is -0.379 e. The van der Waals surface area contributed by atoms with Gasteiger partial charge in [-0.05, 0) is 41.8 Å². The van der Waals surface area contributed by atoms with E-state index in [0.717, 1.165) is 46.4 Å². The minimum atomic E-state index is -0.689. The lowest BCUT2D eigenvalue weighted by Crippen LogP contribution is -2.44. The monoisotopic (exact) mass is 563 g/mol. The number of carbonyl (C=O) groups is 3. The quantitative estimate of drug-likeness (QED) is 0.346. The fraction of sp³-hybridized carbons (Fsp3) is 0.303. The second-order valence-corrected chi connectivity index (χ2v) is 11.1. The van der Waals surface area contributed by atoms with Gasteiger partial charge >= 0.3 is 6.03 Å². The van der Waals surface area contributed by atoms with Crippen molar-refractivity contribution >= 4 is 34.4 Å². The molecule has 2 N–H and O–H groups in total. The average Bonchev–Trinajstić information content (AvgIpc) is 3.51. The maximum Gasteiger partial charge on any atom is 0.332 e. The number of para-hydroxylation sites is 2. The lowest BCUT2D eigenvalue weighted by Gasteiger charge is -2.36. The number of fused-ring (bicyclic) bond motifs is 4. The number of aryl methyl sites for hydroxylation is 1. The zero-order valence-corrected chi connectivity index (χ0v) is 23.5. The van der Waals surface area contributed by atoms with Crippen LogP contribution < -0.4 is 10.2 Å². The van der Waals surface area contributed by atoms with Gasteiger partial charge in [0.1, 0.15) is 12.1 Å². The second-order valence-electron chi connectivity index (χ2n) is 11.1. The van der Waals surface area contributed by atoms with Crippen molar-refractivity contribution in [3.63, 3.8) is 0 Å². The molecule has 2 atom stereocenters. The molecule has 0 bridgehead atoms. The highest BCUT2D eigenvalue weighted by atomic mass is 16.5. The van der Waals surface area contributed by atoms with Crippen LogP contribution in [0.2, 0.25) is 0 Å². The van der Waals surface area contributed by atoms with Crippen molar-refractivity contribution in [3.8, 4) is 0 Å². The third kappa shape index (κ3) is 4.36. The number of nitrogens with zero attached hydrogens (tertiary/aromatic N) is 3. The van der Waals surface area contributed by atoms with Crippen LogP contribution in [0.15, 0.2) is 72.8 Å². The van der Waals surface area contributed by atoms with Crippen LogP contribution in [0, 0.1) is 6.92 Å². The van der Waals surface area contributed by atoms with Crippen molar-refractivity contribution in [2.75, 3.05) is 44.3 Å². The van der Waals surface area contributed by atoms with Crippen molar-refractivity contribution < 1.29 is 19.1 Å². The van der Waals surface area contributed by atoms with Crippen molar-refractivity contribution in [2.45, 2.75) is 25.4 Å². The molecule has 0 spiro atoms. The molecular weight excluding hydrogens is 530 g/mol. The number of aromatic nitrogens is 1. The van der Waals surface area contributed by atoms with Gasteiger partial charge in [-0.1, -0.05) is 54.6 Å². The van der Waals surface area contributed by atoms with Crippen molar-refractivity contribution in [1.82, 2.24) is 20.1 Å². The maximum absolute atomic E-state index is 14.3. The van der Waals surface area contributed by atoms with Crippen LogP contribution in [-0.4, -0.2) is 78.1 Å². The summed E-state index contributed by atoms with van der Waals surface area (Å²) >= 11 is 0. The molecule has 3 aliphatic rings. The normalized spacial score (nSPS) is 20.6. The standard InChI is InChI=1S/C33H33N5O4/c1-21-8-2-3-9-22(21)30-29-25(23-10-4-6-12-26(23)35-29)20-28-32(40)38(33(41)37(28)30)27-13-7-5-11-24(27)31(39)34-14-15-36-16-18-42-19-17-36/h2-13,28,30,35H,14-20H2,1H3,(H,34,39)/t28-,30+/m0/s1. The molecule has 2 saturated heterocycles. The molecule has 0 radical (unpaired) electrons. The predicted octanol–water partition coefficient (Wildman–Crippen LogP) is 4.02. The van der Waals surface area contributed by atoms with Gasteiger partial charge in [0, 0.05) is 49.2 Å². The van der Waals surface area contributed by atoms with Gasteiger partial charge in [0.05, 0.1) is 24.5 Å². The van der Waals surface area contributed by atoms with E-state index in [0.29, 0.717) is 44.0 Å². The SMILES string of the molecule is Cc1ccccc1[C@@H]1c2[nH]c3ccccc3c2C[C@H]2C(=O)N(c3ccccc3C(=O)NCCN3CCOCC3)C(=O)N12. The summed E-state index contributed by atoms with van der Waals surface area (Å²) in [6, 6.07) is 21.3. The Balaban J connectivity index is 1.24. The van der Waals surface area contributed by atoms with Gasteiger partial charge in [-0.2, -0.15) is 0 Å². The first-order chi connectivity index (χ1) is 20.5. The minimum absolute atomic E-state index is 0.303. The van der Waals surface area contributed by atoms with E-state index >= 15 is 0 Å². The molecule has 2 fully saturated rings. The van der Waals surface area contributed by atoms with E-state index in [4.69, 9.17) is 4.74 Å². The molecule has 4 amide bonds. The van der Waals surface area contributed by atoms with Crippen molar-refractivity contribution in [1.29, 1.82) is 0 Å². The lowest BCUT2D eigenvalue weighted by atomic mass is 9.87. The number of urea groups is 1. The summed E-state index contributed by atoms with van der Waals surface area (Å²) in [5, 5.41) is 4.05. The summed E-state index contributed by atoms with van der Waals surface area (Å²) in [6.07, 6.45) is 0.400. The summed E-state index contributed by atoms with van der Waals surface area (Å²) in [5.41, 5.74) is 5.58. The molecule has 0 saturated carbocycles. The number of ether oxygens (including phenoxy) is 1. The van der Waals surface area contributed by atoms with Crippen LogP contribution in [0.4, 0.5) is 10.5 Å². The number of imide groups is 1.